The number of benzene rings is 8. The van der Waals surface area contributed by atoms with Crippen molar-refractivity contribution in [3.05, 3.63) is 220 Å². The van der Waals surface area contributed by atoms with Crippen molar-refractivity contribution in [1.82, 2.24) is 0 Å². The third kappa shape index (κ3) is 3.72. The lowest BCUT2D eigenvalue weighted by molar-refractivity contribution is 0.659. The third-order valence-corrected chi connectivity index (χ3v) is 13.9. The third-order valence-electron chi connectivity index (χ3n) is 13.9. The molecule has 0 radical (unpaired) electrons. The predicted octanol–water partition coefficient (Wildman–Crippen LogP) is 14.1. The summed E-state index contributed by atoms with van der Waals surface area (Å²) < 4.78 is 0. The molecule has 56 heavy (non-hydrogen) atoms. The van der Waals surface area contributed by atoms with E-state index in [4.69, 9.17) is 0 Å². The van der Waals surface area contributed by atoms with Crippen molar-refractivity contribution in [1.29, 1.82) is 0 Å². The minimum atomic E-state index is -0.428. The van der Waals surface area contributed by atoms with E-state index in [2.05, 4.69) is 209 Å². The van der Waals surface area contributed by atoms with Gasteiger partial charge >= 0.3 is 0 Å². The molecule has 0 unspecified atom stereocenters. The Hall–Kier alpha value is -6.44. The van der Waals surface area contributed by atoms with Crippen LogP contribution in [0.3, 0.4) is 0 Å². The zero-order chi connectivity index (χ0) is 37.6. The van der Waals surface area contributed by atoms with Gasteiger partial charge in [-0.25, -0.2) is 0 Å². The Morgan fingerprint density at radius 2 is 0.643 bits per heavy atom. The van der Waals surface area contributed by atoms with E-state index in [1.54, 1.807) is 0 Å². The summed E-state index contributed by atoms with van der Waals surface area (Å²) in [5, 5.41) is 0. The van der Waals surface area contributed by atoms with Crippen LogP contribution in [0.15, 0.2) is 176 Å². The van der Waals surface area contributed by atoms with Gasteiger partial charge in [-0.05, 0) is 96.1 Å². The SMILES string of the molecule is CC1(C)c2ccccc2-c2c(N(c3cccc4c3-c3ccccc3C43c4ccccc4-c4ccccc43)c3cccc4c3C(C)(C)c3ccccc3-4)cccc21. The van der Waals surface area contributed by atoms with Gasteiger partial charge in [-0.1, -0.05) is 185 Å². The van der Waals surface area contributed by atoms with E-state index in [0.717, 1.165) is 0 Å². The van der Waals surface area contributed by atoms with Crippen LogP contribution in [0, 0.1) is 0 Å². The van der Waals surface area contributed by atoms with Gasteiger partial charge in [0, 0.05) is 22.0 Å². The number of nitrogens with zero attached hydrogens (tertiary/aromatic N) is 1. The number of hydrogen-bond acceptors (Lipinski definition) is 1. The lowest BCUT2D eigenvalue weighted by Crippen LogP contribution is -2.26. The normalized spacial score (nSPS) is 15.9. The van der Waals surface area contributed by atoms with Gasteiger partial charge in [0.1, 0.15) is 0 Å². The molecule has 8 aromatic carbocycles. The second kappa shape index (κ2) is 10.9. The van der Waals surface area contributed by atoms with Crippen LogP contribution in [0.2, 0.25) is 0 Å². The van der Waals surface area contributed by atoms with Crippen molar-refractivity contribution in [3.8, 4) is 44.5 Å². The van der Waals surface area contributed by atoms with Crippen molar-refractivity contribution >= 4 is 17.1 Å². The Morgan fingerprint density at radius 1 is 0.286 bits per heavy atom. The Morgan fingerprint density at radius 3 is 1.23 bits per heavy atom. The first-order chi connectivity index (χ1) is 27.3. The molecule has 12 rings (SSSR count). The monoisotopic (exact) mass is 715 g/mol. The molecular formula is C55H41N. The van der Waals surface area contributed by atoms with Gasteiger partial charge in [-0.15, -0.1) is 0 Å². The predicted molar refractivity (Wildman–Crippen MR) is 233 cm³/mol. The van der Waals surface area contributed by atoms with Crippen molar-refractivity contribution < 1.29 is 0 Å². The molecule has 8 aromatic rings. The van der Waals surface area contributed by atoms with Gasteiger partial charge in [0.2, 0.25) is 0 Å². The molecule has 0 fully saturated rings. The van der Waals surface area contributed by atoms with Crippen molar-refractivity contribution in [2.75, 3.05) is 4.90 Å². The summed E-state index contributed by atoms with van der Waals surface area (Å²) >= 11 is 0. The second-order valence-corrected chi connectivity index (χ2v) is 17.2. The van der Waals surface area contributed by atoms with E-state index in [1.807, 2.05) is 0 Å². The summed E-state index contributed by atoms with van der Waals surface area (Å²) in [7, 11) is 0. The second-order valence-electron chi connectivity index (χ2n) is 17.2. The minimum Gasteiger partial charge on any atom is -0.309 e. The van der Waals surface area contributed by atoms with Gasteiger partial charge in [-0.3, -0.25) is 0 Å². The number of fused-ring (bicyclic) bond motifs is 16. The standard InChI is InChI=1S/C55H41N/c1-53(2)41-25-11-8-21-38(41)50-45(53)29-16-31-47(50)56(49-33-15-23-37-36-20-5-10-24-40(36)54(3,4)52(37)49)48-32-17-30-46-51(48)39-22-9-14-28-44(39)55(46)42-26-12-6-18-34(42)35-19-7-13-27-43(35)55/h5-33H,1-4H3. The van der Waals surface area contributed by atoms with E-state index < -0.39 is 5.41 Å². The van der Waals surface area contributed by atoms with Gasteiger partial charge in [0.15, 0.2) is 0 Å². The van der Waals surface area contributed by atoms with Gasteiger partial charge in [-0.2, -0.15) is 0 Å². The molecule has 0 aliphatic heterocycles. The summed E-state index contributed by atoms with van der Waals surface area (Å²) in [6, 6.07) is 66.7. The van der Waals surface area contributed by atoms with E-state index in [9.17, 15) is 0 Å². The van der Waals surface area contributed by atoms with Crippen LogP contribution in [-0.4, -0.2) is 0 Å². The maximum absolute atomic E-state index is 2.66. The smallest absolute Gasteiger partial charge is 0.0726 e. The Kier molecular flexibility index (Phi) is 6.18. The fourth-order valence-electron chi connectivity index (χ4n) is 11.6. The highest BCUT2D eigenvalue weighted by molar-refractivity contribution is 6.04. The van der Waals surface area contributed by atoms with E-state index in [0.29, 0.717) is 0 Å². The minimum absolute atomic E-state index is 0.131. The first-order valence-electron chi connectivity index (χ1n) is 20.0. The van der Waals surface area contributed by atoms with Crippen LogP contribution in [0.5, 0.6) is 0 Å². The molecule has 0 heterocycles. The van der Waals surface area contributed by atoms with E-state index in [-0.39, 0.29) is 10.8 Å². The van der Waals surface area contributed by atoms with Crippen molar-refractivity contribution in [3.63, 3.8) is 0 Å². The zero-order valence-electron chi connectivity index (χ0n) is 32.2. The fourth-order valence-corrected chi connectivity index (χ4v) is 11.6. The van der Waals surface area contributed by atoms with E-state index in [1.165, 1.54) is 106 Å². The first kappa shape index (κ1) is 31.9. The molecule has 0 saturated heterocycles. The van der Waals surface area contributed by atoms with Crippen LogP contribution < -0.4 is 4.90 Å². The Bertz CT molecular complexity index is 2950. The highest BCUT2D eigenvalue weighted by Gasteiger charge is 2.53. The summed E-state index contributed by atoms with van der Waals surface area (Å²) in [6.07, 6.45) is 0. The topological polar surface area (TPSA) is 3.24 Å². The van der Waals surface area contributed by atoms with Crippen molar-refractivity contribution in [2.45, 2.75) is 43.9 Å². The molecule has 1 nitrogen and oxygen atoms in total. The molecule has 266 valence electrons. The Balaban J connectivity index is 1.23. The molecule has 1 spiro atoms. The molecular weight excluding hydrogens is 675 g/mol. The number of anilines is 3. The van der Waals surface area contributed by atoms with Gasteiger partial charge in [0.25, 0.3) is 0 Å². The average molecular weight is 716 g/mol. The highest BCUT2D eigenvalue weighted by atomic mass is 15.2. The molecule has 0 N–H and O–H groups in total. The molecule has 0 saturated carbocycles. The molecule has 0 atom stereocenters. The molecule has 4 aliphatic carbocycles. The maximum Gasteiger partial charge on any atom is 0.0726 e. The molecule has 4 aliphatic rings. The lowest BCUT2D eigenvalue weighted by Gasteiger charge is -2.35. The molecule has 1 heteroatoms. The Labute approximate surface area is 329 Å². The van der Waals surface area contributed by atoms with Crippen LogP contribution >= 0.6 is 0 Å². The summed E-state index contributed by atoms with van der Waals surface area (Å²) in [4.78, 5) is 2.66. The van der Waals surface area contributed by atoms with Crippen molar-refractivity contribution in [2.24, 2.45) is 0 Å². The largest absolute Gasteiger partial charge is 0.309 e. The first-order valence-corrected chi connectivity index (χ1v) is 20.0. The molecule has 0 bridgehead atoms. The molecule has 0 aromatic heterocycles. The summed E-state index contributed by atoms with van der Waals surface area (Å²) in [5.74, 6) is 0. The van der Waals surface area contributed by atoms with E-state index >= 15 is 0 Å². The van der Waals surface area contributed by atoms with Crippen LogP contribution in [-0.2, 0) is 16.2 Å². The van der Waals surface area contributed by atoms with Gasteiger partial charge < -0.3 is 4.90 Å². The van der Waals surface area contributed by atoms with Crippen LogP contribution in [0.25, 0.3) is 44.5 Å². The maximum atomic E-state index is 2.66. The highest BCUT2D eigenvalue weighted by Crippen LogP contribution is 2.66. The molecule has 0 amide bonds. The lowest BCUT2D eigenvalue weighted by atomic mass is 9.70. The number of hydrogen-bond donors (Lipinski definition) is 0. The van der Waals surface area contributed by atoms with Gasteiger partial charge in [0.05, 0.1) is 22.5 Å². The zero-order valence-corrected chi connectivity index (χ0v) is 32.2. The number of rotatable bonds is 3. The summed E-state index contributed by atoms with van der Waals surface area (Å²) in [6.45, 7) is 9.61. The fraction of sp³-hybridized carbons (Fsp3) is 0.127. The summed E-state index contributed by atoms with van der Waals surface area (Å²) in [5.41, 5.74) is 24.4. The quantitative estimate of drug-likeness (QED) is 0.176. The van der Waals surface area contributed by atoms with Crippen LogP contribution in [0.4, 0.5) is 17.1 Å². The van der Waals surface area contributed by atoms with Crippen LogP contribution in [0.1, 0.15) is 72.2 Å². The average Bonchev–Trinajstić information content (AvgIpc) is 3.87.